The van der Waals surface area contributed by atoms with E-state index in [-0.39, 0.29) is 12.0 Å². The molecular weight excluding hydrogens is 282 g/mol. The molecule has 0 heterocycles. The number of hydrogen-bond acceptors (Lipinski definition) is 4. The van der Waals surface area contributed by atoms with Crippen molar-refractivity contribution in [2.45, 2.75) is 63.8 Å². The summed E-state index contributed by atoms with van der Waals surface area (Å²) in [5.41, 5.74) is 0. The first-order valence-electron chi connectivity index (χ1n) is 8.54. The second-order valence-corrected chi connectivity index (χ2v) is 5.86. The fourth-order valence-electron chi connectivity index (χ4n) is 2.66. The molecule has 1 rings (SSSR count). The van der Waals surface area contributed by atoms with Crippen LogP contribution < -0.4 is 16.0 Å². The minimum atomic E-state index is -0.199. The molecule has 6 heteroatoms. The molecule has 1 fully saturated rings. The Bertz CT molecular complexity index is 318. The second kappa shape index (κ2) is 12.3. The van der Waals surface area contributed by atoms with E-state index in [1.807, 2.05) is 0 Å². The highest BCUT2D eigenvalue weighted by Gasteiger charge is 2.11. The molecule has 22 heavy (non-hydrogen) atoms. The predicted molar refractivity (Wildman–Crippen MR) is 86.8 cm³/mol. The highest BCUT2D eigenvalue weighted by molar-refractivity contribution is 5.73. The van der Waals surface area contributed by atoms with Gasteiger partial charge >= 0.3 is 12.0 Å². The normalized spacial score (nSPS) is 15.3. The summed E-state index contributed by atoms with van der Waals surface area (Å²) < 4.78 is 4.55. The van der Waals surface area contributed by atoms with Gasteiger partial charge in [0.1, 0.15) is 0 Å². The first-order chi connectivity index (χ1) is 10.7. The van der Waals surface area contributed by atoms with Crippen molar-refractivity contribution in [3.8, 4) is 0 Å². The van der Waals surface area contributed by atoms with Crippen molar-refractivity contribution in [2.75, 3.05) is 26.7 Å². The molecule has 1 saturated carbocycles. The van der Waals surface area contributed by atoms with Gasteiger partial charge in [-0.25, -0.2) is 4.79 Å². The summed E-state index contributed by atoms with van der Waals surface area (Å²) in [5.74, 6) is -0.199. The fourth-order valence-corrected chi connectivity index (χ4v) is 2.66. The summed E-state index contributed by atoms with van der Waals surface area (Å²) in [6, 6.07) is 0.549. The van der Waals surface area contributed by atoms with Gasteiger partial charge in [-0.05, 0) is 38.6 Å². The lowest BCUT2D eigenvalue weighted by molar-refractivity contribution is -0.140. The summed E-state index contributed by atoms with van der Waals surface area (Å²) >= 11 is 0. The van der Waals surface area contributed by atoms with Crippen LogP contribution in [0.3, 0.4) is 0 Å². The molecule has 0 unspecified atom stereocenters. The lowest BCUT2D eigenvalue weighted by Gasteiger charge is -2.22. The maximum atomic E-state index is 11.5. The number of methoxy groups -OCH3 is 1. The number of nitrogens with one attached hydrogen (secondary N) is 3. The van der Waals surface area contributed by atoms with Crippen LogP contribution in [0.4, 0.5) is 4.79 Å². The van der Waals surface area contributed by atoms with Gasteiger partial charge in [0.15, 0.2) is 0 Å². The minimum Gasteiger partial charge on any atom is -0.469 e. The topological polar surface area (TPSA) is 79.5 Å². The third-order valence-electron chi connectivity index (χ3n) is 4.00. The molecule has 0 aliphatic heterocycles. The molecule has 0 aromatic heterocycles. The van der Waals surface area contributed by atoms with Crippen LogP contribution in [0.15, 0.2) is 0 Å². The molecule has 0 radical (unpaired) electrons. The van der Waals surface area contributed by atoms with Gasteiger partial charge < -0.3 is 20.7 Å². The Morgan fingerprint density at radius 1 is 0.955 bits per heavy atom. The highest BCUT2D eigenvalue weighted by Crippen LogP contribution is 2.16. The number of ether oxygens (including phenoxy) is 1. The van der Waals surface area contributed by atoms with Crippen LogP contribution in [-0.2, 0) is 9.53 Å². The largest absolute Gasteiger partial charge is 0.469 e. The van der Waals surface area contributed by atoms with Crippen molar-refractivity contribution < 1.29 is 14.3 Å². The monoisotopic (exact) mass is 313 g/mol. The van der Waals surface area contributed by atoms with Crippen molar-refractivity contribution in [2.24, 2.45) is 0 Å². The Labute approximate surface area is 133 Å². The Balaban J connectivity index is 1.85. The van der Waals surface area contributed by atoms with Gasteiger partial charge in [-0.3, -0.25) is 4.79 Å². The zero-order valence-electron chi connectivity index (χ0n) is 13.8. The van der Waals surface area contributed by atoms with E-state index in [4.69, 9.17) is 0 Å². The smallest absolute Gasteiger partial charge is 0.314 e. The van der Waals surface area contributed by atoms with Crippen molar-refractivity contribution in [1.82, 2.24) is 16.0 Å². The van der Waals surface area contributed by atoms with Crippen molar-refractivity contribution in [3.63, 3.8) is 0 Å². The van der Waals surface area contributed by atoms with E-state index < -0.39 is 0 Å². The van der Waals surface area contributed by atoms with Crippen LogP contribution in [0.5, 0.6) is 0 Å². The zero-order chi connectivity index (χ0) is 16.0. The lowest BCUT2D eigenvalue weighted by atomic mass is 9.95. The SMILES string of the molecule is COC(=O)CCCCNC(=O)NCCCNC1CCCCC1. The highest BCUT2D eigenvalue weighted by atomic mass is 16.5. The van der Waals surface area contributed by atoms with Crippen molar-refractivity contribution in [1.29, 1.82) is 0 Å². The molecule has 0 aromatic carbocycles. The standard InChI is InChI=1S/C16H31N3O3/c1-22-15(20)10-5-6-11-18-16(21)19-13-7-12-17-14-8-3-2-4-9-14/h14,17H,2-13H2,1H3,(H2,18,19,21). The van der Waals surface area contributed by atoms with E-state index >= 15 is 0 Å². The number of urea groups is 1. The van der Waals surface area contributed by atoms with Gasteiger partial charge in [-0.2, -0.15) is 0 Å². The summed E-state index contributed by atoms with van der Waals surface area (Å²) in [5, 5.41) is 9.20. The van der Waals surface area contributed by atoms with Gasteiger partial charge in [-0.1, -0.05) is 19.3 Å². The molecule has 1 aliphatic rings. The van der Waals surface area contributed by atoms with E-state index in [2.05, 4.69) is 20.7 Å². The van der Waals surface area contributed by atoms with Crippen LogP contribution in [-0.4, -0.2) is 44.8 Å². The van der Waals surface area contributed by atoms with Crippen molar-refractivity contribution in [3.05, 3.63) is 0 Å². The first kappa shape index (κ1) is 18.7. The van der Waals surface area contributed by atoms with Gasteiger partial charge in [0.25, 0.3) is 0 Å². The molecular formula is C16H31N3O3. The molecule has 3 N–H and O–H groups in total. The van der Waals surface area contributed by atoms with E-state index in [0.29, 0.717) is 25.6 Å². The number of esters is 1. The Kier molecular flexibility index (Phi) is 10.5. The number of hydrogen-bond donors (Lipinski definition) is 3. The van der Waals surface area contributed by atoms with Crippen LogP contribution in [0.25, 0.3) is 0 Å². The third kappa shape index (κ3) is 9.60. The van der Waals surface area contributed by atoms with Crippen LogP contribution in [0.2, 0.25) is 0 Å². The molecule has 1 aliphatic carbocycles. The number of carbonyl (C=O) groups is 2. The molecule has 2 amide bonds. The predicted octanol–water partition coefficient (Wildman–Crippen LogP) is 1.94. The number of rotatable bonds is 10. The van der Waals surface area contributed by atoms with Crippen molar-refractivity contribution >= 4 is 12.0 Å². The van der Waals surface area contributed by atoms with Gasteiger partial charge in [0.05, 0.1) is 7.11 Å². The molecule has 0 atom stereocenters. The fraction of sp³-hybridized carbons (Fsp3) is 0.875. The summed E-state index contributed by atoms with van der Waals surface area (Å²) in [6.45, 7) is 2.24. The quantitative estimate of drug-likeness (QED) is 0.425. The molecule has 0 saturated heterocycles. The Hall–Kier alpha value is -1.30. The zero-order valence-corrected chi connectivity index (χ0v) is 13.8. The van der Waals surface area contributed by atoms with Gasteiger partial charge in [0.2, 0.25) is 0 Å². The summed E-state index contributed by atoms with van der Waals surface area (Å²) in [6.07, 6.45) is 9.52. The van der Waals surface area contributed by atoms with Gasteiger partial charge in [-0.15, -0.1) is 0 Å². The number of amides is 2. The minimum absolute atomic E-state index is 0.129. The lowest BCUT2D eigenvalue weighted by Crippen LogP contribution is -2.38. The molecule has 0 aromatic rings. The molecule has 0 bridgehead atoms. The van der Waals surface area contributed by atoms with Crippen LogP contribution in [0.1, 0.15) is 57.8 Å². The number of carbonyl (C=O) groups excluding carboxylic acids is 2. The summed E-state index contributed by atoms with van der Waals surface area (Å²) in [4.78, 5) is 22.4. The van der Waals surface area contributed by atoms with Crippen LogP contribution >= 0.6 is 0 Å². The Morgan fingerprint density at radius 3 is 2.32 bits per heavy atom. The average Bonchev–Trinajstić information content (AvgIpc) is 2.55. The van der Waals surface area contributed by atoms with Crippen LogP contribution in [0, 0.1) is 0 Å². The molecule has 128 valence electrons. The van der Waals surface area contributed by atoms with E-state index in [1.165, 1.54) is 39.2 Å². The average molecular weight is 313 g/mol. The second-order valence-electron chi connectivity index (χ2n) is 5.86. The number of unbranched alkanes of at least 4 members (excludes halogenated alkanes) is 1. The maximum Gasteiger partial charge on any atom is 0.314 e. The molecule has 0 spiro atoms. The van der Waals surface area contributed by atoms with Gasteiger partial charge in [0, 0.05) is 25.6 Å². The third-order valence-corrected chi connectivity index (χ3v) is 4.00. The van der Waals surface area contributed by atoms with E-state index in [9.17, 15) is 9.59 Å². The first-order valence-corrected chi connectivity index (χ1v) is 8.54. The summed E-state index contributed by atoms with van der Waals surface area (Å²) in [7, 11) is 1.39. The molecule has 6 nitrogen and oxygen atoms in total. The Morgan fingerprint density at radius 2 is 1.64 bits per heavy atom. The van der Waals surface area contributed by atoms with E-state index in [1.54, 1.807) is 0 Å². The van der Waals surface area contributed by atoms with E-state index in [0.717, 1.165) is 25.8 Å². The maximum absolute atomic E-state index is 11.5.